The van der Waals surface area contributed by atoms with E-state index < -0.39 is 0 Å². The van der Waals surface area contributed by atoms with Crippen LogP contribution in [0.1, 0.15) is 36.5 Å². The van der Waals surface area contributed by atoms with Gasteiger partial charge in [-0.05, 0) is 24.5 Å². The van der Waals surface area contributed by atoms with Gasteiger partial charge in [0.2, 0.25) is 0 Å². The van der Waals surface area contributed by atoms with Gasteiger partial charge in [-0.15, -0.1) is 0 Å². The first-order chi connectivity index (χ1) is 8.26. The molecule has 92 valence electrons. The van der Waals surface area contributed by atoms with Crippen molar-refractivity contribution >= 4 is 0 Å². The predicted octanol–water partition coefficient (Wildman–Crippen LogP) is 2.41. The second kappa shape index (κ2) is 4.11. The van der Waals surface area contributed by atoms with E-state index in [1.165, 1.54) is 24.9 Å². The summed E-state index contributed by atoms with van der Waals surface area (Å²) in [6, 6.07) is 7.02. The minimum absolute atomic E-state index is 0.288. The molecule has 1 saturated heterocycles. The molecule has 3 rings (SSSR count). The van der Waals surface area contributed by atoms with Gasteiger partial charge < -0.3 is 5.32 Å². The number of benzene rings is 1. The molecule has 1 atom stereocenters. The van der Waals surface area contributed by atoms with Gasteiger partial charge in [0.1, 0.15) is 0 Å². The Bertz CT molecular complexity index is 423. The molecule has 1 unspecified atom stereocenters. The zero-order valence-electron chi connectivity index (χ0n) is 10.9. The Balaban J connectivity index is 2.07. The van der Waals surface area contributed by atoms with Gasteiger partial charge in [-0.3, -0.25) is 4.90 Å². The summed E-state index contributed by atoms with van der Waals surface area (Å²) in [5, 5.41) is 3.60. The standard InChI is InChI=1S/C15H22N2/c1-3-6-15-11-16-7-8-17(15)10-13-9-12(2)4-5-14(13)15/h4-5,9,16H,3,6-8,10-11H2,1-2H3. The molecule has 0 saturated carbocycles. The predicted molar refractivity (Wildman–Crippen MR) is 71.0 cm³/mol. The highest BCUT2D eigenvalue weighted by Gasteiger charge is 2.45. The maximum atomic E-state index is 3.60. The van der Waals surface area contributed by atoms with Crippen molar-refractivity contribution in [1.29, 1.82) is 0 Å². The summed E-state index contributed by atoms with van der Waals surface area (Å²) in [7, 11) is 0. The van der Waals surface area contributed by atoms with Crippen molar-refractivity contribution in [3.63, 3.8) is 0 Å². The molecular formula is C15H22N2. The molecule has 2 nitrogen and oxygen atoms in total. The summed E-state index contributed by atoms with van der Waals surface area (Å²) >= 11 is 0. The number of hydrogen-bond acceptors (Lipinski definition) is 2. The lowest BCUT2D eigenvalue weighted by Crippen LogP contribution is -2.55. The summed E-state index contributed by atoms with van der Waals surface area (Å²) in [5.41, 5.74) is 4.82. The van der Waals surface area contributed by atoms with Crippen LogP contribution in [0.4, 0.5) is 0 Å². The summed E-state index contributed by atoms with van der Waals surface area (Å²) < 4.78 is 0. The molecule has 1 aromatic rings. The van der Waals surface area contributed by atoms with Crippen LogP contribution >= 0.6 is 0 Å². The minimum Gasteiger partial charge on any atom is -0.313 e. The Hall–Kier alpha value is -0.860. The summed E-state index contributed by atoms with van der Waals surface area (Å²) in [6.07, 6.45) is 2.53. The molecule has 1 fully saturated rings. The van der Waals surface area contributed by atoms with Crippen molar-refractivity contribution in [3.8, 4) is 0 Å². The number of nitrogens with one attached hydrogen (secondary N) is 1. The van der Waals surface area contributed by atoms with Crippen molar-refractivity contribution in [2.75, 3.05) is 19.6 Å². The van der Waals surface area contributed by atoms with Crippen molar-refractivity contribution in [2.45, 2.75) is 38.8 Å². The first kappa shape index (κ1) is 11.2. The minimum atomic E-state index is 0.288. The fourth-order valence-corrected chi connectivity index (χ4v) is 3.64. The van der Waals surface area contributed by atoms with E-state index in [0.29, 0.717) is 0 Å². The molecule has 1 N–H and O–H groups in total. The van der Waals surface area contributed by atoms with Crippen LogP contribution in [0.25, 0.3) is 0 Å². The third-order valence-corrected chi connectivity index (χ3v) is 4.37. The zero-order chi connectivity index (χ0) is 11.9. The van der Waals surface area contributed by atoms with E-state index in [1.807, 2.05) is 0 Å². The fourth-order valence-electron chi connectivity index (χ4n) is 3.64. The topological polar surface area (TPSA) is 15.3 Å². The first-order valence-corrected chi connectivity index (χ1v) is 6.82. The highest BCUT2D eigenvalue weighted by atomic mass is 15.3. The van der Waals surface area contributed by atoms with E-state index in [1.54, 1.807) is 11.1 Å². The lowest BCUT2D eigenvalue weighted by Gasteiger charge is -2.43. The highest BCUT2D eigenvalue weighted by molar-refractivity contribution is 5.41. The van der Waals surface area contributed by atoms with Crippen LogP contribution in [0.15, 0.2) is 18.2 Å². The molecular weight excluding hydrogens is 208 g/mol. The molecule has 2 aliphatic rings. The molecule has 0 amide bonds. The number of nitrogens with zero attached hydrogens (tertiary/aromatic N) is 1. The number of fused-ring (bicyclic) bond motifs is 3. The van der Waals surface area contributed by atoms with Gasteiger partial charge in [0.25, 0.3) is 0 Å². The molecule has 0 aliphatic carbocycles. The van der Waals surface area contributed by atoms with Crippen molar-refractivity contribution in [3.05, 3.63) is 34.9 Å². The lowest BCUT2D eigenvalue weighted by atomic mass is 9.84. The molecule has 1 aromatic carbocycles. The van der Waals surface area contributed by atoms with Gasteiger partial charge in [-0.25, -0.2) is 0 Å². The third-order valence-electron chi connectivity index (χ3n) is 4.37. The Morgan fingerprint density at radius 3 is 3.12 bits per heavy atom. The molecule has 0 bridgehead atoms. The van der Waals surface area contributed by atoms with Gasteiger partial charge in [-0.1, -0.05) is 37.1 Å². The number of hydrogen-bond donors (Lipinski definition) is 1. The van der Waals surface area contributed by atoms with Crippen LogP contribution < -0.4 is 5.32 Å². The summed E-state index contributed by atoms with van der Waals surface area (Å²) in [6.45, 7) is 9.10. The van der Waals surface area contributed by atoms with Crippen molar-refractivity contribution < 1.29 is 0 Å². The van der Waals surface area contributed by atoms with Gasteiger partial charge in [0, 0.05) is 26.2 Å². The van der Waals surface area contributed by atoms with E-state index in [9.17, 15) is 0 Å². The maximum absolute atomic E-state index is 3.60. The average molecular weight is 230 g/mol. The van der Waals surface area contributed by atoms with E-state index in [4.69, 9.17) is 0 Å². The Morgan fingerprint density at radius 1 is 1.41 bits per heavy atom. The highest BCUT2D eigenvalue weighted by Crippen LogP contribution is 2.43. The van der Waals surface area contributed by atoms with Gasteiger partial charge in [0.05, 0.1) is 5.54 Å². The quantitative estimate of drug-likeness (QED) is 0.839. The average Bonchev–Trinajstić information content (AvgIpc) is 2.62. The van der Waals surface area contributed by atoms with Gasteiger partial charge >= 0.3 is 0 Å². The van der Waals surface area contributed by atoms with E-state index in [-0.39, 0.29) is 5.54 Å². The second-order valence-electron chi connectivity index (χ2n) is 5.54. The molecule has 2 heteroatoms. The summed E-state index contributed by atoms with van der Waals surface area (Å²) in [4.78, 5) is 2.69. The largest absolute Gasteiger partial charge is 0.313 e. The second-order valence-corrected chi connectivity index (χ2v) is 5.54. The van der Waals surface area contributed by atoms with E-state index in [2.05, 4.69) is 42.3 Å². The molecule has 0 aromatic heterocycles. The molecule has 0 radical (unpaired) electrons. The number of aryl methyl sites for hydroxylation is 1. The Labute approximate surface area is 104 Å². The van der Waals surface area contributed by atoms with Crippen LogP contribution in [0.3, 0.4) is 0 Å². The molecule has 2 heterocycles. The molecule has 17 heavy (non-hydrogen) atoms. The van der Waals surface area contributed by atoms with Gasteiger partial charge in [0.15, 0.2) is 0 Å². The van der Waals surface area contributed by atoms with Crippen molar-refractivity contribution in [2.24, 2.45) is 0 Å². The van der Waals surface area contributed by atoms with Crippen LogP contribution in [-0.4, -0.2) is 24.5 Å². The third kappa shape index (κ3) is 1.62. The molecule has 2 aliphatic heterocycles. The van der Waals surface area contributed by atoms with Crippen LogP contribution in [0.2, 0.25) is 0 Å². The smallest absolute Gasteiger partial charge is 0.0592 e. The maximum Gasteiger partial charge on any atom is 0.0592 e. The first-order valence-electron chi connectivity index (χ1n) is 6.82. The monoisotopic (exact) mass is 230 g/mol. The van der Waals surface area contributed by atoms with Gasteiger partial charge in [-0.2, -0.15) is 0 Å². The lowest BCUT2D eigenvalue weighted by molar-refractivity contribution is 0.0630. The summed E-state index contributed by atoms with van der Waals surface area (Å²) in [5.74, 6) is 0. The van der Waals surface area contributed by atoms with Crippen LogP contribution in [0, 0.1) is 6.92 Å². The van der Waals surface area contributed by atoms with E-state index in [0.717, 1.165) is 19.6 Å². The molecule has 0 spiro atoms. The normalized spacial score (nSPS) is 27.9. The van der Waals surface area contributed by atoms with E-state index >= 15 is 0 Å². The fraction of sp³-hybridized carbons (Fsp3) is 0.600. The van der Waals surface area contributed by atoms with Crippen LogP contribution in [-0.2, 0) is 12.1 Å². The number of piperazine rings is 1. The zero-order valence-corrected chi connectivity index (χ0v) is 10.9. The SMILES string of the molecule is CCCC12CNCCN1Cc1cc(C)ccc12. The Morgan fingerprint density at radius 2 is 2.29 bits per heavy atom. The van der Waals surface area contributed by atoms with Crippen LogP contribution in [0.5, 0.6) is 0 Å². The van der Waals surface area contributed by atoms with Crippen molar-refractivity contribution in [1.82, 2.24) is 10.2 Å². The Kier molecular flexibility index (Phi) is 2.72. The number of rotatable bonds is 2.